The van der Waals surface area contributed by atoms with E-state index >= 15 is 0 Å². The fourth-order valence-electron chi connectivity index (χ4n) is 2.93. The maximum Gasteiger partial charge on any atom is 0.311 e. The number of esters is 1. The molecule has 0 radical (unpaired) electrons. The highest BCUT2D eigenvalue weighted by atomic mass is 79.9. The van der Waals surface area contributed by atoms with Crippen molar-refractivity contribution in [2.24, 2.45) is 0 Å². The maximum absolute atomic E-state index is 12.7. The van der Waals surface area contributed by atoms with E-state index in [0.29, 0.717) is 23.7 Å². The molecular formula is C19H21BrN2O5S2. The zero-order valence-electron chi connectivity index (χ0n) is 15.6. The highest BCUT2D eigenvalue weighted by Crippen LogP contribution is 2.27. The van der Waals surface area contributed by atoms with E-state index in [9.17, 15) is 18.0 Å². The molecule has 10 heteroatoms. The number of halogens is 1. The number of amides is 1. The second kappa shape index (κ2) is 9.84. The van der Waals surface area contributed by atoms with Gasteiger partial charge in [-0.2, -0.15) is 4.31 Å². The Bertz CT molecular complexity index is 984. The number of piperidine rings is 1. The molecule has 1 aromatic heterocycles. The summed E-state index contributed by atoms with van der Waals surface area (Å²) in [5.74, 6) is -1.03. The Morgan fingerprint density at radius 2 is 1.90 bits per heavy atom. The Kier molecular flexibility index (Phi) is 7.44. The third-order valence-electron chi connectivity index (χ3n) is 4.34. The van der Waals surface area contributed by atoms with Crippen molar-refractivity contribution < 1.29 is 22.7 Å². The van der Waals surface area contributed by atoms with E-state index in [4.69, 9.17) is 4.74 Å². The number of thiophene rings is 1. The van der Waals surface area contributed by atoms with Gasteiger partial charge in [0, 0.05) is 28.1 Å². The number of carbonyl (C=O) groups excluding carboxylic acids is 2. The third kappa shape index (κ3) is 6.11. The van der Waals surface area contributed by atoms with Gasteiger partial charge in [0.05, 0.1) is 6.42 Å². The monoisotopic (exact) mass is 500 g/mol. The summed E-state index contributed by atoms with van der Waals surface area (Å²) in [7, 11) is -3.51. The van der Waals surface area contributed by atoms with Crippen LogP contribution in [0.5, 0.6) is 0 Å². The number of nitrogens with zero attached hydrogens (tertiary/aromatic N) is 1. The maximum atomic E-state index is 12.7. The molecule has 1 saturated heterocycles. The van der Waals surface area contributed by atoms with Gasteiger partial charge in [0.2, 0.25) is 0 Å². The molecule has 7 nitrogen and oxygen atoms in total. The number of benzene rings is 1. The van der Waals surface area contributed by atoms with Crippen molar-refractivity contribution in [2.75, 3.05) is 25.0 Å². The molecule has 3 rings (SSSR count). The van der Waals surface area contributed by atoms with E-state index in [1.165, 1.54) is 10.4 Å². The average Bonchev–Trinajstić information content (AvgIpc) is 3.16. The van der Waals surface area contributed by atoms with Crippen LogP contribution in [0, 0.1) is 0 Å². The molecule has 0 aliphatic carbocycles. The van der Waals surface area contributed by atoms with Crippen LogP contribution in [0.2, 0.25) is 0 Å². The molecule has 0 spiro atoms. The van der Waals surface area contributed by atoms with E-state index in [0.717, 1.165) is 35.1 Å². The first kappa shape index (κ1) is 21.9. The summed E-state index contributed by atoms with van der Waals surface area (Å²) in [5.41, 5.74) is 0.589. The van der Waals surface area contributed by atoms with Gasteiger partial charge in [-0.1, -0.05) is 28.4 Å². The van der Waals surface area contributed by atoms with Crippen LogP contribution in [0.4, 0.5) is 5.69 Å². The minimum absolute atomic E-state index is 0.0790. The van der Waals surface area contributed by atoms with Crippen LogP contribution in [0.15, 0.2) is 45.1 Å². The molecule has 1 fully saturated rings. The Labute approximate surface area is 182 Å². The average molecular weight is 501 g/mol. The minimum atomic E-state index is -3.51. The molecule has 29 heavy (non-hydrogen) atoms. The van der Waals surface area contributed by atoms with E-state index in [2.05, 4.69) is 21.2 Å². The highest BCUT2D eigenvalue weighted by Gasteiger charge is 2.27. The van der Waals surface area contributed by atoms with Crippen molar-refractivity contribution in [3.05, 3.63) is 45.7 Å². The van der Waals surface area contributed by atoms with Crippen LogP contribution in [0.1, 0.15) is 24.1 Å². The first-order chi connectivity index (χ1) is 13.8. The van der Waals surface area contributed by atoms with Crippen molar-refractivity contribution in [3.63, 3.8) is 0 Å². The van der Waals surface area contributed by atoms with Gasteiger partial charge >= 0.3 is 5.97 Å². The Balaban J connectivity index is 1.50. The molecule has 1 N–H and O–H groups in total. The van der Waals surface area contributed by atoms with E-state index in [1.807, 2.05) is 6.07 Å². The van der Waals surface area contributed by atoms with Gasteiger partial charge < -0.3 is 10.1 Å². The smallest absolute Gasteiger partial charge is 0.311 e. The molecule has 0 saturated carbocycles. The summed E-state index contributed by atoms with van der Waals surface area (Å²) in [4.78, 5) is 24.5. The van der Waals surface area contributed by atoms with E-state index in [1.54, 1.807) is 24.3 Å². The Morgan fingerprint density at radius 3 is 2.62 bits per heavy atom. The topological polar surface area (TPSA) is 92.8 Å². The summed E-state index contributed by atoms with van der Waals surface area (Å²) >= 11 is 4.38. The van der Waals surface area contributed by atoms with Gasteiger partial charge in [-0.05, 0) is 43.2 Å². The van der Waals surface area contributed by atoms with Crippen LogP contribution in [-0.2, 0) is 30.8 Å². The summed E-state index contributed by atoms with van der Waals surface area (Å²) in [5, 5.41) is 2.63. The molecule has 0 bridgehead atoms. The molecule has 1 amide bonds. The zero-order valence-corrected chi connectivity index (χ0v) is 18.8. The predicted molar refractivity (Wildman–Crippen MR) is 114 cm³/mol. The molecular weight excluding hydrogens is 480 g/mol. The van der Waals surface area contributed by atoms with Crippen LogP contribution in [0.3, 0.4) is 0 Å². The Hall–Kier alpha value is -1.75. The molecule has 1 aliphatic rings. The molecule has 1 aliphatic heterocycles. The van der Waals surface area contributed by atoms with Gasteiger partial charge in [-0.25, -0.2) is 8.42 Å². The largest absolute Gasteiger partial charge is 0.455 e. The van der Waals surface area contributed by atoms with Gasteiger partial charge in [0.15, 0.2) is 6.61 Å². The first-order valence-electron chi connectivity index (χ1n) is 9.14. The lowest BCUT2D eigenvalue weighted by atomic mass is 10.2. The van der Waals surface area contributed by atoms with Crippen molar-refractivity contribution >= 4 is 54.9 Å². The Morgan fingerprint density at radius 1 is 1.14 bits per heavy atom. The number of ether oxygens (including phenoxy) is 1. The number of hydrogen-bond donors (Lipinski definition) is 1. The van der Waals surface area contributed by atoms with Crippen molar-refractivity contribution in [3.8, 4) is 0 Å². The van der Waals surface area contributed by atoms with Gasteiger partial charge in [0.25, 0.3) is 15.9 Å². The lowest BCUT2D eigenvalue weighted by molar-refractivity contribution is -0.146. The standard InChI is InChI=1S/C19H21BrN2O5S2/c20-14-5-4-6-15(11-14)21-17(23)13-27-18(24)12-16-7-8-19(28-16)29(25,26)22-9-2-1-3-10-22/h4-8,11H,1-3,9-10,12-13H2,(H,21,23). The van der Waals surface area contributed by atoms with Crippen LogP contribution in [0.25, 0.3) is 0 Å². The van der Waals surface area contributed by atoms with Crippen molar-refractivity contribution in [1.82, 2.24) is 4.31 Å². The minimum Gasteiger partial charge on any atom is -0.455 e. The molecule has 0 unspecified atom stereocenters. The molecule has 2 aromatic rings. The second-order valence-corrected chi connectivity index (χ2v) is 10.8. The molecule has 2 heterocycles. The third-order valence-corrected chi connectivity index (χ3v) is 8.28. The summed E-state index contributed by atoms with van der Waals surface area (Å²) in [6.45, 7) is 0.658. The van der Waals surface area contributed by atoms with Crippen molar-refractivity contribution in [2.45, 2.75) is 29.9 Å². The molecule has 1 aromatic carbocycles. The van der Waals surface area contributed by atoms with Crippen molar-refractivity contribution in [1.29, 1.82) is 0 Å². The fraction of sp³-hybridized carbons (Fsp3) is 0.368. The lowest BCUT2D eigenvalue weighted by Gasteiger charge is -2.25. The normalized spacial score (nSPS) is 15.1. The highest BCUT2D eigenvalue weighted by molar-refractivity contribution is 9.10. The summed E-state index contributed by atoms with van der Waals surface area (Å²) in [6.07, 6.45) is 2.70. The van der Waals surface area contributed by atoms with E-state index < -0.39 is 28.5 Å². The van der Waals surface area contributed by atoms with Crippen LogP contribution < -0.4 is 5.32 Å². The predicted octanol–water partition coefficient (Wildman–Crippen LogP) is 3.41. The number of anilines is 1. The quantitative estimate of drug-likeness (QED) is 0.588. The SMILES string of the molecule is O=C(COC(=O)Cc1ccc(S(=O)(=O)N2CCCCC2)s1)Nc1cccc(Br)c1. The number of nitrogens with one attached hydrogen (secondary N) is 1. The number of rotatable bonds is 7. The van der Waals surface area contributed by atoms with Gasteiger partial charge in [0.1, 0.15) is 4.21 Å². The summed E-state index contributed by atoms with van der Waals surface area (Å²) < 4.78 is 32.9. The zero-order chi connectivity index (χ0) is 20.9. The fourth-order valence-corrected chi connectivity index (χ4v) is 6.34. The van der Waals surface area contributed by atoms with Gasteiger partial charge in [-0.15, -0.1) is 11.3 Å². The number of sulfonamides is 1. The van der Waals surface area contributed by atoms with Gasteiger partial charge in [-0.3, -0.25) is 9.59 Å². The molecule has 156 valence electrons. The van der Waals surface area contributed by atoms with Crippen LogP contribution in [-0.4, -0.2) is 44.3 Å². The lowest BCUT2D eigenvalue weighted by Crippen LogP contribution is -2.35. The van der Waals surface area contributed by atoms with Crippen LogP contribution >= 0.6 is 27.3 Å². The number of carbonyl (C=O) groups is 2. The first-order valence-corrected chi connectivity index (χ1v) is 12.2. The molecule has 0 atom stereocenters. The summed E-state index contributed by atoms with van der Waals surface area (Å²) in [6, 6.07) is 10.2. The second-order valence-electron chi connectivity index (χ2n) is 6.58. The number of hydrogen-bond acceptors (Lipinski definition) is 6. The van der Waals surface area contributed by atoms with E-state index in [-0.39, 0.29) is 10.6 Å².